The van der Waals surface area contributed by atoms with Crippen molar-refractivity contribution >= 4 is 11.3 Å². The molecule has 0 amide bonds. The maximum absolute atomic E-state index is 5.41. The van der Waals surface area contributed by atoms with Crippen LogP contribution in [0.3, 0.4) is 0 Å². The molecule has 0 N–H and O–H groups in total. The van der Waals surface area contributed by atoms with Gasteiger partial charge in [-0.05, 0) is 35.7 Å². The van der Waals surface area contributed by atoms with Crippen molar-refractivity contribution in [3.63, 3.8) is 0 Å². The maximum Gasteiger partial charge on any atom is 0.241 e. The molecular weight excluding hydrogens is 322 g/mol. The molecule has 2 heterocycles. The molecule has 0 unspecified atom stereocenters. The van der Waals surface area contributed by atoms with Gasteiger partial charge in [-0.3, -0.25) is 4.90 Å². The van der Waals surface area contributed by atoms with Crippen LogP contribution in [0.2, 0.25) is 0 Å². The Bertz CT molecular complexity index is 766. The smallest absolute Gasteiger partial charge is 0.241 e. The van der Waals surface area contributed by atoms with E-state index < -0.39 is 0 Å². The number of ether oxygens (including phenoxy) is 1. The van der Waals surface area contributed by atoms with Gasteiger partial charge in [0.05, 0.1) is 13.7 Å². The summed E-state index contributed by atoms with van der Waals surface area (Å²) in [5.74, 6) is 1.98. The van der Waals surface area contributed by atoms with Gasteiger partial charge in [-0.2, -0.15) is 4.98 Å². The topological polar surface area (TPSA) is 51.4 Å². The number of nitrogens with zero attached hydrogens (tertiary/aromatic N) is 3. The van der Waals surface area contributed by atoms with Crippen molar-refractivity contribution in [3.05, 3.63) is 65.2 Å². The molecule has 1 aromatic carbocycles. The minimum absolute atomic E-state index is 0.585. The summed E-state index contributed by atoms with van der Waals surface area (Å²) in [6, 6.07) is 11.8. The highest BCUT2D eigenvalue weighted by atomic mass is 32.1. The van der Waals surface area contributed by atoms with E-state index in [1.54, 1.807) is 18.4 Å². The van der Waals surface area contributed by atoms with E-state index in [1.807, 2.05) is 30.3 Å². The highest BCUT2D eigenvalue weighted by Gasteiger charge is 2.13. The summed E-state index contributed by atoms with van der Waals surface area (Å²) in [7, 11) is 1.64. The Hall–Kier alpha value is -2.44. The molecule has 6 heteroatoms. The second kappa shape index (κ2) is 7.90. The van der Waals surface area contributed by atoms with Crippen LogP contribution in [0.4, 0.5) is 0 Å². The molecule has 5 nitrogen and oxygen atoms in total. The van der Waals surface area contributed by atoms with Crippen molar-refractivity contribution in [3.8, 4) is 17.1 Å². The second-order valence-electron chi connectivity index (χ2n) is 5.28. The fourth-order valence-corrected chi connectivity index (χ4v) is 3.10. The SMILES string of the molecule is C=CCN(Cc1nc(-c2ccc(OC)cc2)no1)Cc1cccs1. The van der Waals surface area contributed by atoms with Crippen molar-refractivity contribution in [2.45, 2.75) is 13.1 Å². The molecule has 0 saturated heterocycles. The van der Waals surface area contributed by atoms with Gasteiger partial charge < -0.3 is 9.26 Å². The zero-order valence-electron chi connectivity index (χ0n) is 13.5. The highest BCUT2D eigenvalue weighted by molar-refractivity contribution is 7.09. The first-order valence-electron chi connectivity index (χ1n) is 7.61. The lowest BCUT2D eigenvalue weighted by molar-refractivity contribution is 0.241. The van der Waals surface area contributed by atoms with E-state index in [2.05, 4.69) is 39.1 Å². The summed E-state index contributed by atoms with van der Waals surface area (Å²) in [6.45, 7) is 6.01. The number of methoxy groups -OCH3 is 1. The first-order valence-corrected chi connectivity index (χ1v) is 8.49. The van der Waals surface area contributed by atoms with Crippen molar-refractivity contribution in [2.24, 2.45) is 0 Å². The van der Waals surface area contributed by atoms with E-state index >= 15 is 0 Å². The summed E-state index contributed by atoms with van der Waals surface area (Å²) >= 11 is 1.74. The summed E-state index contributed by atoms with van der Waals surface area (Å²) in [6.07, 6.45) is 1.88. The molecule has 0 fully saturated rings. The van der Waals surface area contributed by atoms with Gasteiger partial charge >= 0.3 is 0 Å². The summed E-state index contributed by atoms with van der Waals surface area (Å²) in [5.41, 5.74) is 0.902. The van der Waals surface area contributed by atoms with Crippen LogP contribution >= 0.6 is 11.3 Å². The Kier molecular flexibility index (Phi) is 5.40. The van der Waals surface area contributed by atoms with Crippen LogP contribution in [0, 0.1) is 0 Å². The fourth-order valence-electron chi connectivity index (χ4n) is 2.36. The quantitative estimate of drug-likeness (QED) is 0.580. The summed E-state index contributed by atoms with van der Waals surface area (Å²) in [5, 5.41) is 6.15. The van der Waals surface area contributed by atoms with Crippen LogP contribution < -0.4 is 4.74 Å². The lowest BCUT2D eigenvalue weighted by atomic mass is 10.2. The molecule has 0 radical (unpaired) electrons. The maximum atomic E-state index is 5.41. The Morgan fingerprint density at radius 2 is 2.08 bits per heavy atom. The van der Waals surface area contributed by atoms with E-state index in [9.17, 15) is 0 Å². The number of thiophene rings is 1. The molecule has 24 heavy (non-hydrogen) atoms. The Morgan fingerprint density at radius 3 is 2.75 bits per heavy atom. The molecule has 0 saturated carbocycles. The molecule has 3 aromatic rings. The molecule has 0 bridgehead atoms. The molecule has 2 aromatic heterocycles. The monoisotopic (exact) mass is 341 g/mol. The van der Waals surface area contributed by atoms with Gasteiger partial charge in [0.15, 0.2) is 0 Å². The van der Waals surface area contributed by atoms with Crippen LogP contribution in [0.5, 0.6) is 5.75 Å². The van der Waals surface area contributed by atoms with Crippen molar-refractivity contribution in [1.29, 1.82) is 0 Å². The molecule has 124 valence electrons. The van der Waals surface area contributed by atoms with Gasteiger partial charge in [0.25, 0.3) is 0 Å². The van der Waals surface area contributed by atoms with Crippen LogP contribution in [-0.4, -0.2) is 28.7 Å². The Morgan fingerprint density at radius 1 is 1.25 bits per heavy atom. The fraction of sp³-hybridized carbons (Fsp3) is 0.222. The lowest BCUT2D eigenvalue weighted by Gasteiger charge is -2.17. The first kappa shape index (κ1) is 16.4. The number of hydrogen-bond acceptors (Lipinski definition) is 6. The van der Waals surface area contributed by atoms with Gasteiger partial charge in [-0.15, -0.1) is 17.9 Å². The predicted octanol–water partition coefficient (Wildman–Crippen LogP) is 3.99. The lowest BCUT2D eigenvalue weighted by Crippen LogP contribution is -2.22. The van der Waals surface area contributed by atoms with Gasteiger partial charge in [-0.25, -0.2) is 0 Å². The summed E-state index contributed by atoms with van der Waals surface area (Å²) in [4.78, 5) is 8.01. The Balaban J connectivity index is 1.69. The van der Waals surface area contributed by atoms with Crippen LogP contribution in [0.1, 0.15) is 10.8 Å². The van der Waals surface area contributed by atoms with E-state index in [0.29, 0.717) is 18.3 Å². The third kappa shape index (κ3) is 4.10. The van der Waals surface area contributed by atoms with Gasteiger partial charge in [-0.1, -0.05) is 17.3 Å². The number of hydrogen-bond donors (Lipinski definition) is 0. The minimum Gasteiger partial charge on any atom is -0.497 e. The number of benzene rings is 1. The van der Waals surface area contributed by atoms with E-state index in [0.717, 1.165) is 24.4 Å². The predicted molar refractivity (Wildman–Crippen MR) is 94.9 cm³/mol. The molecule has 0 spiro atoms. The van der Waals surface area contributed by atoms with Crippen molar-refractivity contribution in [2.75, 3.05) is 13.7 Å². The third-order valence-corrected chi connectivity index (χ3v) is 4.38. The zero-order valence-corrected chi connectivity index (χ0v) is 14.3. The van der Waals surface area contributed by atoms with Gasteiger partial charge in [0.1, 0.15) is 5.75 Å². The van der Waals surface area contributed by atoms with Gasteiger partial charge in [0.2, 0.25) is 11.7 Å². The third-order valence-electron chi connectivity index (χ3n) is 3.52. The average Bonchev–Trinajstić information content (AvgIpc) is 3.27. The zero-order chi connectivity index (χ0) is 16.8. The van der Waals surface area contributed by atoms with Crippen LogP contribution in [-0.2, 0) is 13.1 Å². The minimum atomic E-state index is 0.585. The summed E-state index contributed by atoms with van der Waals surface area (Å²) < 4.78 is 10.6. The van der Waals surface area contributed by atoms with E-state index in [1.165, 1.54) is 4.88 Å². The molecule has 0 aliphatic rings. The van der Waals surface area contributed by atoms with Gasteiger partial charge in [0, 0.05) is 23.5 Å². The molecule has 0 atom stereocenters. The molecule has 0 aliphatic carbocycles. The van der Waals surface area contributed by atoms with E-state index in [4.69, 9.17) is 9.26 Å². The average molecular weight is 341 g/mol. The number of aromatic nitrogens is 2. The molecule has 3 rings (SSSR count). The standard InChI is InChI=1S/C18H19N3O2S/c1-3-10-21(12-16-5-4-11-24-16)13-17-19-18(20-23-17)14-6-8-15(22-2)9-7-14/h3-9,11H,1,10,12-13H2,2H3. The van der Waals surface area contributed by atoms with E-state index in [-0.39, 0.29) is 0 Å². The van der Waals surface area contributed by atoms with Crippen molar-refractivity contribution < 1.29 is 9.26 Å². The normalized spacial score (nSPS) is 10.9. The van der Waals surface area contributed by atoms with Crippen LogP contribution in [0.15, 0.2) is 59.0 Å². The van der Waals surface area contributed by atoms with Crippen molar-refractivity contribution in [1.82, 2.24) is 15.0 Å². The second-order valence-corrected chi connectivity index (χ2v) is 6.31. The Labute approximate surface area is 145 Å². The highest BCUT2D eigenvalue weighted by Crippen LogP contribution is 2.20. The molecular formula is C18H19N3O2S. The first-order chi connectivity index (χ1) is 11.8. The van der Waals surface area contributed by atoms with Crippen LogP contribution in [0.25, 0.3) is 11.4 Å². The largest absolute Gasteiger partial charge is 0.497 e. The molecule has 0 aliphatic heterocycles. The number of rotatable bonds is 8.